The number of rotatable bonds is 2. The van der Waals surface area contributed by atoms with Crippen LogP contribution in [0.25, 0.3) is 0 Å². The van der Waals surface area contributed by atoms with Gasteiger partial charge in [0.25, 0.3) is 0 Å². The van der Waals surface area contributed by atoms with Gasteiger partial charge in [0.05, 0.1) is 7.11 Å². The number of carbonyl (C=O) groups excluding carboxylic acids is 2. The van der Waals surface area contributed by atoms with Crippen LogP contribution in [0.2, 0.25) is 0 Å². The van der Waals surface area contributed by atoms with Crippen molar-refractivity contribution in [3.05, 3.63) is 12.3 Å². The number of esters is 2. The Labute approximate surface area is 58.4 Å². The number of hydrogen-bond donors (Lipinski definition) is 0. The molecule has 0 atom stereocenters. The van der Waals surface area contributed by atoms with Gasteiger partial charge in [0, 0.05) is 6.92 Å². The van der Waals surface area contributed by atoms with E-state index in [0.29, 0.717) is 0 Å². The average molecular weight is 144 g/mol. The zero-order valence-corrected chi connectivity index (χ0v) is 5.84. The first kappa shape index (κ1) is 8.68. The summed E-state index contributed by atoms with van der Waals surface area (Å²) in [5, 5.41) is 0. The minimum atomic E-state index is -0.741. The van der Waals surface area contributed by atoms with E-state index in [0.717, 1.165) is 0 Å². The van der Waals surface area contributed by atoms with Crippen molar-refractivity contribution in [3.63, 3.8) is 0 Å². The van der Waals surface area contributed by atoms with Crippen molar-refractivity contribution in [2.24, 2.45) is 0 Å². The van der Waals surface area contributed by atoms with Crippen molar-refractivity contribution < 1.29 is 19.1 Å². The van der Waals surface area contributed by atoms with Crippen LogP contribution < -0.4 is 0 Å². The molecule has 0 aromatic heterocycles. The summed E-state index contributed by atoms with van der Waals surface area (Å²) in [4.78, 5) is 20.6. The predicted octanol–water partition coefficient (Wildman–Crippen LogP) is 0.236. The molecular weight excluding hydrogens is 136 g/mol. The molecule has 0 radical (unpaired) electrons. The van der Waals surface area contributed by atoms with Crippen LogP contribution in [0.1, 0.15) is 6.92 Å². The van der Waals surface area contributed by atoms with E-state index in [9.17, 15) is 9.59 Å². The maximum Gasteiger partial charge on any atom is 0.373 e. The molecule has 0 aliphatic heterocycles. The van der Waals surface area contributed by atoms with Crippen molar-refractivity contribution in [3.8, 4) is 0 Å². The summed E-state index contributed by atoms with van der Waals surface area (Å²) in [6.07, 6.45) is 0. The van der Waals surface area contributed by atoms with Gasteiger partial charge >= 0.3 is 11.9 Å². The molecule has 0 saturated carbocycles. The SMILES string of the molecule is C=C(OC(C)=O)C(=O)OC. The summed E-state index contributed by atoms with van der Waals surface area (Å²) in [6.45, 7) is 4.32. The molecule has 0 unspecified atom stereocenters. The first-order chi connectivity index (χ1) is 4.57. The Morgan fingerprint density at radius 1 is 1.40 bits per heavy atom. The van der Waals surface area contributed by atoms with Crippen LogP contribution in [0, 0.1) is 0 Å². The Bertz CT molecular complexity index is 171. The van der Waals surface area contributed by atoms with Crippen molar-refractivity contribution >= 4 is 11.9 Å². The summed E-state index contributed by atoms with van der Waals surface area (Å²) in [5.41, 5.74) is 0. The van der Waals surface area contributed by atoms with Crippen molar-refractivity contribution in [2.75, 3.05) is 7.11 Å². The van der Waals surface area contributed by atoms with Gasteiger partial charge in [0.15, 0.2) is 0 Å². The molecule has 0 aliphatic rings. The Hall–Kier alpha value is -1.32. The van der Waals surface area contributed by atoms with E-state index in [-0.39, 0.29) is 5.76 Å². The van der Waals surface area contributed by atoms with Gasteiger partial charge in [-0.05, 0) is 6.58 Å². The van der Waals surface area contributed by atoms with E-state index in [4.69, 9.17) is 0 Å². The predicted molar refractivity (Wildman–Crippen MR) is 32.9 cm³/mol. The highest BCUT2D eigenvalue weighted by molar-refractivity contribution is 5.88. The molecule has 0 spiro atoms. The van der Waals surface area contributed by atoms with E-state index in [1.54, 1.807) is 0 Å². The normalized spacial score (nSPS) is 8.20. The molecule has 0 saturated heterocycles. The standard InChI is InChI=1S/C6H8O4/c1-4(6(8)9-3)10-5(2)7/h1H2,2-3H3. The minimum absolute atomic E-state index is 0.296. The summed E-state index contributed by atoms with van der Waals surface area (Å²) in [6, 6.07) is 0. The van der Waals surface area contributed by atoms with Crippen LogP contribution in [0.15, 0.2) is 12.3 Å². The maximum absolute atomic E-state index is 10.4. The van der Waals surface area contributed by atoms with Crippen LogP contribution in [0.3, 0.4) is 0 Å². The van der Waals surface area contributed by atoms with Gasteiger partial charge in [-0.25, -0.2) is 4.79 Å². The first-order valence-corrected chi connectivity index (χ1v) is 2.53. The molecule has 0 aliphatic carbocycles. The lowest BCUT2D eigenvalue weighted by molar-refractivity contribution is -0.148. The van der Waals surface area contributed by atoms with Gasteiger partial charge in [-0.2, -0.15) is 0 Å². The second-order valence-corrected chi connectivity index (χ2v) is 1.51. The van der Waals surface area contributed by atoms with Gasteiger partial charge in [0.2, 0.25) is 5.76 Å². The van der Waals surface area contributed by atoms with Crippen molar-refractivity contribution in [1.29, 1.82) is 0 Å². The lowest BCUT2D eigenvalue weighted by Gasteiger charge is -2.00. The Balaban J connectivity index is 3.86. The zero-order valence-electron chi connectivity index (χ0n) is 5.84. The summed E-state index contributed by atoms with van der Waals surface area (Å²) in [7, 11) is 1.18. The van der Waals surface area contributed by atoms with Crippen molar-refractivity contribution in [1.82, 2.24) is 0 Å². The number of carbonyl (C=O) groups is 2. The van der Waals surface area contributed by atoms with Crippen molar-refractivity contribution in [2.45, 2.75) is 6.92 Å². The fourth-order valence-corrected chi connectivity index (χ4v) is 0.329. The van der Waals surface area contributed by atoms with Gasteiger partial charge in [-0.15, -0.1) is 0 Å². The topological polar surface area (TPSA) is 52.6 Å². The summed E-state index contributed by atoms with van der Waals surface area (Å²) in [5.74, 6) is -1.62. The third-order valence-corrected chi connectivity index (χ3v) is 0.680. The smallest absolute Gasteiger partial charge is 0.373 e. The third-order valence-electron chi connectivity index (χ3n) is 0.680. The number of methoxy groups -OCH3 is 1. The fraction of sp³-hybridized carbons (Fsp3) is 0.333. The third kappa shape index (κ3) is 2.86. The van der Waals surface area contributed by atoms with E-state index >= 15 is 0 Å². The largest absolute Gasteiger partial charge is 0.463 e. The highest BCUT2D eigenvalue weighted by atomic mass is 16.6. The molecule has 4 heteroatoms. The lowest BCUT2D eigenvalue weighted by Crippen LogP contribution is -2.09. The van der Waals surface area contributed by atoms with E-state index < -0.39 is 11.9 Å². The Morgan fingerprint density at radius 3 is 2.20 bits per heavy atom. The van der Waals surface area contributed by atoms with Crippen LogP contribution in [0.5, 0.6) is 0 Å². The highest BCUT2D eigenvalue weighted by Gasteiger charge is 2.08. The number of hydrogen-bond acceptors (Lipinski definition) is 4. The molecule has 0 bridgehead atoms. The second kappa shape index (κ2) is 3.66. The number of ether oxygens (including phenoxy) is 2. The van der Waals surface area contributed by atoms with Gasteiger partial charge in [-0.1, -0.05) is 0 Å². The summed E-state index contributed by atoms with van der Waals surface area (Å²) >= 11 is 0. The van der Waals surface area contributed by atoms with E-state index in [2.05, 4.69) is 16.1 Å². The Morgan fingerprint density at radius 2 is 1.90 bits per heavy atom. The molecule has 10 heavy (non-hydrogen) atoms. The van der Waals surface area contributed by atoms with Gasteiger partial charge in [-0.3, -0.25) is 4.79 Å². The zero-order chi connectivity index (χ0) is 8.15. The average Bonchev–Trinajstić information content (AvgIpc) is 1.85. The molecule has 0 aromatic carbocycles. The molecule has 4 nitrogen and oxygen atoms in total. The van der Waals surface area contributed by atoms with Crippen LogP contribution >= 0.6 is 0 Å². The maximum atomic E-state index is 10.4. The Kier molecular flexibility index (Phi) is 3.17. The van der Waals surface area contributed by atoms with Crippen LogP contribution in [-0.2, 0) is 19.1 Å². The first-order valence-electron chi connectivity index (χ1n) is 2.53. The monoisotopic (exact) mass is 144 g/mol. The second-order valence-electron chi connectivity index (χ2n) is 1.51. The molecular formula is C6H8O4. The molecule has 0 N–H and O–H groups in total. The van der Waals surface area contributed by atoms with Gasteiger partial charge < -0.3 is 9.47 Å². The van der Waals surface area contributed by atoms with Gasteiger partial charge in [0.1, 0.15) is 0 Å². The van der Waals surface area contributed by atoms with Crippen LogP contribution in [-0.4, -0.2) is 19.0 Å². The molecule has 0 heterocycles. The van der Waals surface area contributed by atoms with Crippen LogP contribution in [0.4, 0.5) is 0 Å². The molecule has 0 amide bonds. The summed E-state index contributed by atoms with van der Waals surface area (Å²) < 4.78 is 8.49. The quantitative estimate of drug-likeness (QED) is 0.316. The van der Waals surface area contributed by atoms with E-state index in [1.165, 1.54) is 14.0 Å². The molecule has 56 valence electrons. The minimum Gasteiger partial charge on any atom is -0.463 e. The molecule has 0 fully saturated rings. The molecule has 0 rings (SSSR count). The van der Waals surface area contributed by atoms with E-state index in [1.807, 2.05) is 0 Å². The lowest BCUT2D eigenvalue weighted by atomic mass is 10.6. The fourth-order valence-electron chi connectivity index (χ4n) is 0.329. The molecule has 0 aromatic rings. The highest BCUT2D eigenvalue weighted by Crippen LogP contribution is 1.95.